The molecular formula is C7H12O3. The molecule has 0 spiro atoms. The van der Waals surface area contributed by atoms with Crippen LogP contribution in [0.1, 0.15) is 12.8 Å². The summed E-state index contributed by atoms with van der Waals surface area (Å²) >= 11 is 0. The molecule has 0 radical (unpaired) electrons. The molecule has 2 unspecified atom stereocenters. The Morgan fingerprint density at radius 2 is 2.10 bits per heavy atom. The van der Waals surface area contributed by atoms with Crippen molar-refractivity contribution in [2.75, 3.05) is 0 Å². The first-order chi connectivity index (χ1) is 4.70. The van der Waals surface area contributed by atoms with E-state index in [9.17, 15) is 4.79 Å². The van der Waals surface area contributed by atoms with Gasteiger partial charge in [0.25, 0.3) is 0 Å². The van der Waals surface area contributed by atoms with Gasteiger partial charge in [-0.15, -0.1) is 6.58 Å². The Morgan fingerprint density at radius 3 is 2.50 bits per heavy atom. The topological polar surface area (TPSA) is 57.5 Å². The minimum atomic E-state index is -0.745. The highest BCUT2D eigenvalue weighted by atomic mass is 16.3. The van der Waals surface area contributed by atoms with E-state index in [4.69, 9.17) is 10.2 Å². The SMILES string of the molecule is C=CC(O)CC(O)CC=O. The predicted octanol–water partition coefficient (Wildman–Crippen LogP) is -0.127. The van der Waals surface area contributed by atoms with Crippen molar-refractivity contribution in [3.8, 4) is 0 Å². The molecule has 3 nitrogen and oxygen atoms in total. The minimum Gasteiger partial charge on any atom is -0.393 e. The zero-order chi connectivity index (χ0) is 7.98. The van der Waals surface area contributed by atoms with E-state index in [2.05, 4.69) is 6.58 Å². The lowest BCUT2D eigenvalue weighted by molar-refractivity contribution is -0.109. The van der Waals surface area contributed by atoms with Crippen LogP contribution in [0.3, 0.4) is 0 Å². The molecule has 0 amide bonds. The molecule has 58 valence electrons. The molecule has 10 heavy (non-hydrogen) atoms. The summed E-state index contributed by atoms with van der Waals surface area (Å²) in [5, 5.41) is 17.8. The first-order valence-corrected chi connectivity index (χ1v) is 3.13. The lowest BCUT2D eigenvalue weighted by Gasteiger charge is -2.08. The van der Waals surface area contributed by atoms with Gasteiger partial charge in [-0.3, -0.25) is 0 Å². The second kappa shape index (κ2) is 5.14. The second-order valence-corrected chi connectivity index (χ2v) is 2.09. The summed E-state index contributed by atoms with van der Waals surface area (Å²) in [4.78, 5) is 9.82. The monoisotopic (exact) mass is 144 g/mol. The van der Waals surface area contributed by atoms with Crippen LogP contribution in [0.2, 0.25) is 0 Å². The van der Waals surface area contributed by atoms with Gasteiger partial charge in [-0.05, 0) is 0 Å². The highest BCUT2D eigenvalue weighted by Crippen LogP contribution is 2.00. The van der Waals surface area contributed by atoms with Crippen molar-refractivity contribution in [2.45, 2.75) is 25.0 Å². The van der Waals surface area contributed by atoms with E-state index in [-0.39, 0.29) is 12.8 Å². The molecule has 0 saturated carbocycles. The van der Waals surface area contributed by atoms with E-state index in [1.165, 1.54) is 6.08 Å². The summed E-state index contributed by atoms with van der Waals surface area (Å²) in [5.41, 5.74) is 0. The van der Waals surface area contributed by atoms with Gasteiger partial charge >= 0.3 is 0 Å². The van der Waals surface area contributed by atoms with Crippen molar-refractivity contribution in [3.05, 3.63) is 12.7 Å². The molecule has 2 N–H and O–H groups in total. The van der Waals surface area contributed by atoms with Crippen molar-refractivity contribution >= 4 is 6.29 Å². The third kappa shape index (κ3) is 4.23. The van der Waals surface area contributed by atoms with Gasteiger partial charge in [0.15, 0.2) is 0 Å². The number of hydrogen-bond acceptors (Lipinski definition) is 3. The average molecular weight is 144 g/mol. The van der Waals surface area contributed by atoms with Crippen LogP contribution in [-0.4, -0.2) is 28.7 Å². The van der Waals surface area contributed by atoms with Crippen LogP contribution in [0.5, 0.6) is 0 Å². The average Bonchev–Trinajstić information content (AvgIpc) is 1.88. The van der Waals surface area contributed by atoms with Gasteiger partial charge in [0, 0.05) is 12.8 Å². The van der Waals surface area contributed by atoms with Crippen molar-refractivity contribution in [1.29, 1.82) is 0 Å². The molecule has 0 aromatic heterocycles. The van der Waals surface area contributed by atoms with E-state index in [1.807, 2.05) is 0 Å². The van der Waals surface area contributed by atoms with Gasteiger partial charge in [-0.2, -0.15) is 0 Å². The van der Waals surface area contributed by atoms with Gasteiger partial charge < -0.3 is 15.0 Å². The summed E-state index contributed by atoms with van der Waals surface area (Å²) in [6, 6.07) is 0. The van der Waals surface area contributed by atoms with Crippen molar-refractivity contribution in [1.82, 2.24) is 0 Å². The smallest absolute Gasteiger partial charge is 0.122 e. The quantitative estimate of drug-likeness (QED) is 0.417. The Balaban J connectivity index is 3.45. The van der Waals surface area contributed by atoms with Crippen molar-refractivity contribution in [2.24, 2.45) is 0 Å². The molecule has 0 fully saturated rings. The largest absolute Gasteiger partial charge is 0.393 e. The summed E-state index contributed by atoms with van der Waals surface area (Å²) < 4.78 is 0. The summed E-state index contributed by atoms with van der Waals surface area (Å²) in [6.07, 6.45) is 0.752. The zero-order valence-corrected chi connectivity index (χ0v) is 5.73. The van der Waals surface area contributed by atoms with Gasteiger partial charge in [0.1, 0.15) is 6.29 Å². The molecule has 0 heterocycles. The van der Waals surface area contributed by atoms with Crippen LogP contribution in [0.15, 0.2) is 12.7 Å². The molecule has 2 atom stereocenters. The summed E-state index contributed by atoms with van der Waals surface area (Å²) in [6.45, 7) is 3.32. The molecule has 0 aliphatic heterocycles. The first kappa shape index (κ1) is 9.33. The van der Waals surface area contributed by atoms with Crippen LogP contribution in [0.25, 0.3) is 0 Å². The number of rotatable bonds is 5. The van der Waals surface area contributed by atoms with Gasteiger partial charge in [-0.1, -0.05) is 6.08 Å². The van der Waals surface area contributed by atoms with Crippen LogP contribution in [0, 0.1) is 0 Å². The van der Waals surface area contributed by atoms with E-state index in [1.54, 1.807) is 0 Å². The minimum absolute atomic E-state index is 0.0743. The number of aldehydes is 1. The Bertz CT molecular complexity index is 111. The normalized spacial score (nSPS) is 15.8. The number of hydrogen-bond donors (Lipinski definition) is 2. The zero-order valence-electron chi connectivity index (χ0n) is 5.73. The molecule has 0 saturated heterocycles. The van der Waals surface area contributed by atoms with Crippen LogP contribution in [-0.2, 0) is 4.79 Å². The fourth-order valence-corrected chi connectivity index (χ4v) is 0.582. The highest BCUT2D eigenvalue weighted by molar-refractivity contribution is 5.49. The Morgan fingerprint density at radius 1 is 1.50 bits per heavy atom. The molecule has 0 aromatic carbocycles. The standard InChI is InChI=1S/C7H12O3/c1-2-6(9)5-7(10)3-4-8/h2,4,6-7,9-10H,1,3,5H2. The van der Waals surface area contributed by atoms with E-state index < -0.39 is 12.2 Å². The van der Waals surface area contributed by atoms with Crippen LogP contribution in [0.4, 0.5) is 0 Å². The maximum Gasteiger partial charge on any atom is 0.122 e. The Hall–Kier alpha value is -0.670. The van der Waals surface area contributed by atoms with E-state index >= 15 is 0 Å². The fraction of sp³-hybridized carbons (Fsp3) is 0.571. The first-order valence-electron chi connectivity index (χ1n) is 3.13. The Kier molecular flexibility index (Phi) is 4.80. The number of carbonyl (C=O) groups is 1. The third-order valence-electron chi connectivity index (χ3n) is 1.15. The maximum atomic E-state index is 9.82. The van der Waals surface area contributed by atoms with Gasteiger partial charge in [0.05, 0.1) is 12.2 Å². The lowest BCUT2D eigenvalue weighted by atomic mass is 10.1. The summed E-state index contributed by atoms with van der Waals surface area (Å²) in [5.74, 6) is 0. The lowest BCUT2D eigenvalue weighted by Crippen LogP contribution is -2.15. The number of carbonyl (C=O) groups excluding carboxylic acids is 1. The van der Waals surface area contributed by atoms with Crippen LogP contribution < -0.4 is 0 Å². The summed E-state index contributed by atoms with van der Waals surface area (Å²) in [7, 11) is 0. The molecule has 0 aliphatic carbocycles. The van der Waals surface area contributed by atoms with Crippen LogP contribution >= 0.6 is 0 Å². The molecule has 3 heteroatoms. The third-order valence-corrected chi connectivity index (χ3v) is 1.15. The molecular weight excluding hydrogens is 132 g/mol. The van der Waals surface area contributed by atoms with Crippen molar-refractivity contribution < 1.29 is 15.0 Å². The maximum absolute atomic E-state index is 9.82. The molecule has 0 aromatic rings. The predicted molar refractivity (Wildman–Crippen MR) is 37.5 cm³/mol. The molecule has 0 bridgehead atoms. The number of aliphatic hydroxyl groups excluding tert-OH is 2. The molecule has 0 aliphatic rings. The highest BCUT2D eigenvalue weighted by Gasteiger charge is 2.07. The van der Waals surface area contributed by atoms with E-state index in [0.717, 1.165) is 0 Å². The molecule has 0 rings (SSSR count). The number of aliphatic hydroxyl groups is 2. The Labute approximate surface area is 60.0 Å². The van der Waals surface area contributed by atoms with Gasteiger partial charge in [0.2, 0.25) is 0 Å². The second-order valence-electron chi connectivity index (χ2n) is 2.09. The van der Waals surface area contributed by atoms with Gasteiger partial charge in [-0.25, -0.2) is 0 Å². The van der Waals surface area contributed by atoms with E-state index in [0.29, 0.717) is 6.29 Å². The van der Waals surface area contributed by atoms with Crippen molar-refractivity contribution in [3.63, 3.8) is 0 Å². The fourth-order valence-electron chi connectivity index (χ4n) is 0.582.